The van der Waals surface area contributed by atoms with Crippen LogP contribution in [0.1, 0.15) is 186 Å². The third kappa shape index (κ3) is 24.1. The van der Waals surface area contributed by atoms with Gasteiger partial charge in [0.25, 0.3) is 0 Å². The second-order valence-corrected chi connectivity index (χ2v) is 35.7. The van der Waals surface area contributed by atoms with Crippen molar-refractivity contribution in [2.24, 2.45) is 0 Å². The molecule has 406 valence electrons. The van der Waals surface area contributed by atoms with Gasteiger partial charge >= 0.3 is 34.1 Å². The van der Waals surface area contributed by atoms with Gasteiger partial charge < -0.3 is 29.7 Å². The minimum Gasteiger partial charge on any atom is -0.358 e. The van der Waals surface area contributed by atoms with E-state index in [2.05, 4.69) is 164 Å². The molecule has 0 aliphatic heterocycles. The monoisotopic (exact) mass is 1140 g/mol. The maximum atomic E-state index is 4.62. The first-order chi connectivity index (χ1) is 31.4. The van der Waals surface area contributed by atoms with E-state index in [1.807, 2.05) is 49.1 Å². The molecule has 0 unspecified atom stereocenters. The Balaban J connectivity index is -0.000000848. The smallest absolute Gasteiger partial charge is 0.358 e. The Morgan fingerprint density at radius 2 is 0.472 bits per heavy atom. The molecular weight excluding hydrogens is 1040 g/mol. The van der Waals surface area contributed by atoms with Gasteiger partial charge in [-0.2, -0.15) is 0 Å². The molecule has 4 aromatic rings. The zero-order valence-corrected chi connectivity index (χ0v) is 54.1. The van der Waals surface area contributed by atoms with Crippen LogP contribution in [0.25, 0.3) is 0 Å². The molecule has 0 spiro atoms. The quantitative estimate of drug-likeness (QED) is 0.0764. The summed E-state index contributed by atoms with van der Waals surface area (Å²) in [6.07, 6.45) is 38.5. The van der Waals surface area contributed by atoms with Crippen molar-refractivity contribution in [3.63, 3.8) is 0 Å². The minimum atomic E-state index is -0.109. The number of aromatic nitrogens is 4. The fourth-order valence-electron chi connectivity index (χ4n) is 10.9. The summed E-state index contributed by atoms with van der Waals surface area (Å²) in [6.45, 7) is 28.6. The molecule has 0 bridgehead atoms. The second kappa shape index (κ2) is 36.9. The van der Waals surface area contributed by atoms with Crippen LogP contribution >= 0.6 is 31.7 Å². The van der Waals surface area contributed by atoms with Gasteiger partial charge in [0.2, 0.25) is 0 Å². The van der Waals surface area contributed by atoms with Crippen molar-refractivity contribution in [2.75, 3.05) is 0 Å². The van der Waals surface area contributed by atoms with E-state index in [1.165, 1.54) is 124 Å². The molecule has 4 heterocycles. The van der Waals surface area contributed by atoms with Gasteiger partial charge in [-0.3, -0.25) is 19.9 Å². The van der Waals surface area contributed by atoms with Crippen molar-refractivity contribution < 1.29 is 34.1 Å². The zero-order chi connectivity index (χ0) is 48.4. The normalized spacial score (nSPS) is 17.8. The number of rotatable bonds is 8. The third-order valence-electron chi connectivity index (χ3n) is 13.2. The standard InChI is InChI=1S/4C14H22NP.C2H2.4CH3.2Fe/c4*1-14(2,3)16(12-8-4-5-9-12)13-10-6-7-11-15-13;1-2;;;;;;/h4*6-7,10-12H,4-5,8-9H2,1-3H3;1-2H;4*1H3;;/q;;;;;4*-1;2*+2/t4*16-;;;;;;;/m1110......./s1. The van der Waals surface area contributed by atoms with E-state index in [0.717, 1.165) is 22.6 Å². The Labute approximate surface area is 473 Å². The van der Waals surface area contributed by atoms with E-state index in [-0.39, 0.29) is 95.5 Å². The van der Waals surface area contributed by atoms with Crippen molar-refractivity contribution in [1.29, 1.82) is 0 Å². The second-order valence-electron chi connectivity index (χ2n) is 22.7. The molecule has 0 aromatic carbocycles. The van der Waals surface area contributed by atoms with Gasteiger partial charge in [-0.05, 0) is 175 Å². The van der Waals surface area contributed by atoms with Gasteiger partial charge in [-0.15, -0.1) is 12.8 Å². The van der Waals surface area contributed by atoms with Gasteiger partial charge in [0.05, 0.1) is 21.7 Å². The first-order valence-electron chi connectivity index (χ1n) is 25.5. The van der Waals surface area contributed by atoms with Gasteiger partial charge in [0.1, 0.15) is 0 Å². The van der Waals surface area contributed by atoms with Crippen molar-refractivity contribution in [1.82, 2.24) is 19.9 Å². The summed E-state index contributed by atoms with van der Waals surface area (Å²) in [4.78, 5) is 18.5. The Kier molecular flexibility index (Phi) is 38.5. The number of pyridine rings is 4. The molecule has 4 fully saturated rings. The minimum absolute atomic E-state index is 0. The molecule has 0 saturated heterocycles. The van der Waals surface area contributed by atoms with E-state index in [0.29, 0.717) is 20.6 Å². The van der Waals surface area contributed by atoms with Gasteiger partial charge in [0.15, 0.2) is 0 Å². The molecule has 0 N–H and O–H groups in total. The van der Waals surface area contributed by atoms with Crippen molar-refractivity contribution in [2.45, 2.75) is 229 Å². The molecule has 10 heteroatoms. The molecule has 4 aliphatic carbocycles. The predicted octanol–water partition coefficient (Wildman–Crippen LogP) is 17.8. The van der Waals surface area contributed by atoms with E-state index in [1.54, 1.807) is 0 Å². The topological polar surface area (TPSA) is 51.6 Å². The molecule has 4 aliphatic rings. The summed E-state index contributed by atoms with van der Waals surface area (Å²) >= 11 is 0. The molecule has 4 nitrogen and oxygen atoms in total. The van der Waals surface area contributed by atoms with Crippen LogP contribution in [-0.4, -0.2) is 63.2 Å². The van der Waals surface area contributed by atoms with E-state index < -0.39 is 0 Å². The molecule has 4 atom stereocenters. The number of hydrogen-bond acceptors (Lipinski definition) is 4. The summed E-state index contributed by atoms with van der Waals surface area (Å²) in [6, 6.07) is 25.6. The first-order valence-corrected chi connectivity index (χ1v) is 31.1. The predicted molar refractivity (Wildman–Crippen MR) is 327 cm³/mol. The summed E-state index contributed by atoms with van der Waals surface area (Å²) in [5.74, 6) is 0. The average molecular weight is 1140 g/mol. The summed E-state index contributed by atoms with van der Waals surface area (Å²) in [5, 5.41) is 1.55. The van der Waals surface area contributed by atoms with Crippen LogP contribution in [0.4, 0.5) is 0 Å². The first kappa shape index (κ1) is 75.2. The largest absolute Gasteiger partial charge is 2.00 e. The Morgan fingerprint density at radius 1 is 0.319 bits per heavy atom. The average Bonchev–Trinajstić information content (AvgIpc) is 4.14. The number of nitrogens with zero attached hydrogens (tertiary/aromatic N) is 4. The maximum Gasteiger partial charge on any atom is 2.00 e. The van der Waals surface area contributed by atoms with Crippen LogP contribution in [0.2, 0.25) is 0 Å². The molecule has 8 rings (SSSR count). The fourth-order valence-corrected chi connectivity index (χ4v) is 24.9. The maximum absolute atomic E-state index is 4.62. The van der Waals surface area contributed by atoms with Crippen molar-refractivity contribution in [3.8, 4) is 12.8 Å². The third-order valence-corrected chi connectivity index (χ3v) is 27.0. The van der Waals surface area contributed by atoms with Crippen LogP contribution in [0.15, 0.2) is 97.6 Å². The SMILES string of the molecule is C#C.CC(C)(C)[P@@](c1ccccn1)C1CCCC1.CC(C)(C)[P@@](c1ccccn1)C1CCCC1.CC(C)(C)[P@@](c1ccccn1)C1CCCC1.CC(C)(C)[P@](c1ccccn1)C1CCCC1.[CH3-].[CH3-].[CH3-].[CH3-].[Fe+2].[Fe+2]. The molecule has 72 heavy (non-hydrogen) atoms. The summed E-state index contributed by atoms with van der Waals surface area (Å²) in [5.41, 5.74) is 9.06. The van der Waals surface area contributed by atoms with E-state index in [4.69, 9.17) is 0 Å². The number of terminal acetylenes is 1. The molecule has 4 aromatic heterocycles. The molecule has 0 radical (unpaired) electrons. The van der Waals surface area contributed by atoms with Crippen LogP contribution in [0.3, 0.4) is 0 Å². The fraction of sp³-hybridized carbons (Fsp3) is 0.581. The van der Waals surface area contributed by atoms with E-state index >= 15 is 0 Å². The van der Waals surface area contributed by atoms with Crippen LogP contribution in [-0.2, 0) is 34.1 Å². The summed E-state index contributed by atoms with van der Waals surface area (Å²) < 4.78 is 0. The Hall–Kier alpha value is -1.08. The van der Waals surface area contributed by atoms with Crippen LogP contribution in [0, 0.1) is 42.6 Å². The Bertz CT molecular complexity index is 1630. The van der Waals surface area contributed by atoms with Gasteiger partial charge in [-0.1, -0.05) is 159 Å². The Morgan fingerprint density at radius 3 is 0.583 bits per heavy atom. The molecule has 0 amide bonds. The molecular formula is C62H102Fe2N4P4. The van der Waals surface area contributed by atoms with Gasteiger partial charge in [-0.25, -0.2) is 0 Å². The molecule has 4 saturated carbocycles. The zero-order valence-electron chi connectivity index (χ0n) is 48.3. The van der Waals surface area contributed by atoms with Crippen LogP contribution < -0.4 is 21.7 Å². The summed E-state index contributed by atoms with van der Waals surface area (Å²) in [7, 11) is -0.436. The van der Waals surface area contributed by atoms with Gasteiger partial charge in [0, 0.05) is 24.8 Å². The van der Waals surface area contributed by atoms with Crippen molar-refractivity contribution in [3.05, 3.63) is 127 Å². The van der Waals surface area contributed by atoms with Crippen molar-refractivity contribution >= 4 is 53.4 Å². The van der Waals surface area contributed by atoms with Crippen LogP contribution in [0.5, 0.6) is 0 Å². The number of hydrogen-bond donors (Lipinski definition) is 0. The van der Waals surface area contributed by atoms with E-state index in [9.17, 15) is 0 Å².